The second-order valence-electron chi connectivity index (χ2n) is 4.31. The molecule has 17 heavy (non-hydrogen) atoms. The van der Waals surface area contributed by atoms with Crippen molar-refractivity contribution in [3.63, 3.8) is 0 Å². The van der Waals surface area contributed by atoms with Crippen LogP contribution in [-0.2, 0) is 11.8 Å². The van der Waals surface area contributed by atoms with Crippen LogP contribution in [0.4, 0.5) is 0 Å². The van der Waals surface area contributed by atoms with Crippen molar-refractivity contribution in [1.82, 2.24) is 0 Å². The number of benzene rings is 1. The lowest BCUT2D eigenvalue weighted by molar-refractivity contribution is 0.175. The Morgan fingerprint density at radius 1 is 1.29 bits per heavy atom. The molecule has 0 aliphatic carbocycles. The molecule has 1 aromatic rings. The first-order valence-corrected chi connectivity index (χ1v) is 9.30. The monoisotopic (exact) mass is 291 g/mol. The van der Waals surface area contributed by atoms with E-state index in [1.54, 1.807) is 0 Å². The number of hydrogen-bond donors (Lipinski definition) is 4. The lowest BCUT2D eigenvalue weighted by Crippen LogP contribution is -2.27. The van der Waals surface area contributed by atoms with E-state index in [0.29, 0.717) is 0 Å². The van der Waals surface area contributed by atoms with Crippen LogP contribution in [0.15, 0.2) is 24.3 Å². The Balaban J connectivity index is 3.34. The fraction of sp³-hybridized carbons (Fsp3) is 0.455. The van der Waals surface area contributed by atoms with Crippen LogP contribution >= 0.6 is 17.7 Å². The summed E-state index contributed by atoms with van der Waals surface area (Å²) < 4.78 is 0. The predicted octanol–water partition coefficient (Wildman–Crippen LogP) is 2.36. The molecule has 0 fully saturated rings. The van der Waals surface area contributed by atoms with E-state index in [4.69, 9.17) is 17.5 Å². The summed E-state index contributed by atoms with van der Waals surface area (Å²) in [6, 6.07) is 7.55. The van der Waals surface area contributed by atoms with Crippen molar-refractivity contribution in [1.29, 1.82) is 0 Å². The molecule has 6 heteroatoms. The molecule has 0 saturated carbocycles. The first kappa shape index (κ1) is 15.2. The molecule has 96 valence electrons. The molecular weight excluding hydrogens is 273 g/mol. The van der Waals surface area contributed by atoms with Gasteiger partial charge in [0.05, 0.1) is 5.66 Å². The van der Waals surface area contributed by atoms with Crippen LogP contribution in [0.1, 0.15) is 36.6 Å². The second kappa shape index (κ2) is 5.83. The first-order chi connectivity index (χ1) is 7.75. The summed E-state index contributed by atoms with van der Waals surface area (Å²) in [7, 11) is 0. The molecular formula is C11H18NO2PS2. The zero-order valence-electron chi connectivity index (χ0n) is 9.82. The molecule has 0 bridgehead atoms. The lowest BCUT2D eigenvalue weighted by Gasteiger charge is -2.28. The van der Waals surface area contributed by atoms with Gasteiger partial charge in [-0.05, 0) is 17.0 Å². The quantitative estimate of drug-likeness (QED) is 0.391. The van der Waals surface area contributed by atoms with E-state index < -0.39 is 17.4 Å². The summed E-state index contributed by atoms with van der Waals surface area (Å²) in [5, 5.41) is 9.64. The van der Waals surface area contributed by atoms with Crippen molar-refractivity contribution in [3.05, 3.63) is 35.4 Å². The van der Waals surface area contributed by atoms with Crippen LogP contribution < -0.4 is 5.73 Å². The van der Waals surface area contributed by atoms with Crippen molar-refractivity contribution in [3.8, 4) is 0 Å². The predicted molar refractivity (Wildman–Crippen MR) is 79.0 cm³/mol. The van der Waals surface area contributed by atoms with E-state index in [0.717, 1.165) is 11.1 Å². The first-order valence-electron chi connectivity index (χ1n) is 5.33. The highest BCUT2D eigenvalue weighted by Gasteiger charge is 2.31. The molecule has 0 spiro atoms. The van der Waals surface area contributed by atoms with E-state index >= 15 is 0 Å². The molecule has 3 nitrogen and oxygen atoms in total. The van der Waals surface area contributed by atoms with E-state index in [-0.39, 0.29) is 5.92 Å². The van der Waals surface area contributed by atoms with Gasteiger partial charge in [-0.3, -0.25) is 0 Å². The number of nitrogens with two attached hydrogens (primary N) is 1. The lowest BCUT2D eigenvalue weighted by atomic mass is 9.95. The Morgan fingerprint density at radius 3 is 2.12 bits per heavy atom. The highest BCUT2D eigenvalue weighted by atomic mass is 32.9. The molecule has 0 amide bonds. The van der Waals surface area contributed by atoms with Gasteiger partial charge >= 0.3 is 0 Å². The van der Waals surface area contributed by atoms with Crippen LogP contribution in [0.25, 0.3) is 0 Å². The minimum absolute atomic E-state index is 0.266. The van der Waals surface area contributed by atoms with Crippen LogP contribution in [0.3, 0.4) is 0 Å². The van der Waals surface area contributed by atoms with Gasteiger partial charge in [0.2, 0.25) is 0 Å². The molecule has 0 aliphatic rings. The zero-order valence-corrected chi connectivity index (χ0v) is 12.4. The van der Waals surface area contributed by atoms with E-state index in [1.165, 1.54) is 0 Å². The van der Waals surface area contributed by atoms with Crippen molar-refractivity contribution in [2.24, 2.45) is 5.73 Å². The van der Waals surface area contributed by atoms with Crippen molar-refractivity contribution >= 4 is 29.5 Å². The number of aliphatic hydroxyl groups excluding tert-OH is 1. The highest BCUT2D eigenvalue weighted by molar-refractivity contribution is 8.61. The molecule has 1 rings (SSSR count). The van der Waals surface area contributed by atoms with Crippen molar-refractivity contribution in [2.75, 3.05) is 0 Å². The van der Waals surface area contributed by atoms with Gasteiger partial charge in [0, 0.05) is 0 Å². The summed E-state index contributed by atoms with van der Waals surface area (Å²) in [5.41, 5.74) is 3.69. The third kappa shape index (κ3) is 3.78. The maximum Gasteiger partial charge on any atom is 0.125 e. The minimum Gasteiger partial charge on any atom is -0.378 e. The van der Waals surface area contributed by atoms with Gasteiger partial charge in [0.25, 0.3) is 0 Å². The Hall–Kier alpha value is 0.1000. The van der Waals surface area contributed by atoms with Gasteiger partial charge in [-0.2, -0.15) is 0 Å². The molecule has 0 aliphatic heterocycles. The molecule has 0 radical (unpaired) electrons. The van der Waals surface area contributed by atoms with Gasteiger partial charge in [0.15, 0.2) is 0 Å². The summed E-state index contributed by atoms with van der Waals surface area (Å²) in [5.74, 6) is 0.266. The van der Waals surface area contributed by atoms with Gasteiger partial charge < -0.3 is 15.7 Å². The Bertz CT molecular complexity index is 431. The average molecular weight is 291 g/mol. The normalized spacial score (nSPS) is 18.8. The number of rotatable bonds is 4. The topological polar surface area (TPSA) is 66.5 Å². The van der Waals surface area contributed by atoms with Gasteiger partial charge in [-0.1, -0.05) is 49.9 Å². The van der Waals surface area contributed by atoms with Crippen LogP contribution in [0.5, 0.6) is 0 Å². The van der Waals surface area contributed by atoms with Crippen LogP contribution in [0, 0.1) is 0 Å². The number of aliphatic hydroxyl groups is 1. The molecule has 4 N–H and O–H groups in total. The molecule has 0 heterocycles. The standard InChI is InChI=1S/C11H18NO2PS2/c1-7(2)8-5-3-4-6-9(8)10(11(12)13)15(14,16)17/h3-7,10-11,13H,12H2,1-2H3,(H2,14,16,17). The molecule has 3 unspecified atom stereocenters. The summed E-state index contributed by atoms with van der Waals surface area (Å²) in [4.78, 5) is 9.96. The van der Waals surface area contributed by atoms with Crippen LogP contribution in [0.2, 0.25) is 0 Å². The SMILES string of the molecule is CC(C)c1ccccc1C(C(N)O)P(O)(=S)S. The van der Waals surface area contributed by atoms with E-state index in [9.17, 15) is 10.00 Å². The summed E-state index contributed by atoms with van der Waals surface area (Å²) in [6.45, 7) is 4.08. The van der Waals surface area contributed by atoms with Gasteiger partial charge in [-0.15, -0.1) is 12.2 Å². The highest BCUT2D eigenvalue weighted by Crippen LogP contribution is 2.61. The van der Waals surface area contributed by atoms with E-state index in [1.807, 2.05) is 38.1 Å². The minimum atomic E-state index is -2.97. The maximum absolute atomic E-state index is 9.96. The fourth-order valence-corrected chi connectivity index (χ4v) is 4.36. The van der Waals surface area contributed by atoms with E-state index in [2.05, 4.69) is 12.2 Å². The average Bonchev–Trinajstić information content (AvgIpc) is 2.15. The van der Waals surface area contributed by atoms with Gasteiger partial charge in [-0.25, -0.2) is 0 Å². The molecule has 0 aromatic heterocycles. The van der Waals surface area contributed by atoms with Crippen LogP contribution in [-0.4, -0.2) is 16.2 Å². The number of thiol groups is 1. The Morgan fingerprint density at radius 2 is 1.76 bits per heavy atom. The molecule has 1 aromatic carbocycles. The van der Waals surface area contributed by atoms with Crippen molar-refractivity contribution in [2.45, 2.75) is 31.7 Å². The molecule has 3 atom stereocenters. The third-order valence-corrected chi connectivity index (χ3v) is 5.36. The van der Waals surface area contributed by atoms with Crippen molar-refractivity contribution < 1.29 is 10.00 Å². The smallest absolute Gasteiger partial charge is 0.125 e. The maximum atomic E-state index is 9.96. The summed E-state index contributed by atoms with van der Waals surface area (Å²) >= 11 is 9.06. The Labute approximate surface area is 112 Å². The zero-order chi connectivity index (χ0) is 13.2. The number of hydrogen-bond acceptors (Lipinski definition) is 3. The fourth-order valence-electron chi connectivity index (χ4n) is 1.87. The van der Waals surface area contributed by atoms with Gasteiger partial charge in [0.1, 0.15) is 11.7 Å². The largest absolute Gasteiger partial charge is 0.378 e. The summed E-state index contributed by atoms with van der Waals surface area (Å²) in [6.07, 6.45) is -1.21. The Kier molecular flexibility index (Phi) is 5.20. The second-order valence-corrected chi connectivity index (χ2v) is 10.4. The molecule has 0 saturated heterocycles. The third-order valence-electron chi connectivity index (χ3n) is 2.62.